The fourth-order valence-corrected chi connectivity index (χ4v) is 4.69. The number of amides is 1. The van der Waals surface area contributed by atoms with Crippen LogP contribution in [0.2, 0.25) is 0 Å². The maximum atomic E-state index is 13.4. The summed E-state index contributed by atoms with van der Waals surface area (Å²) in [6.45, 7) is 0. The number of nitrogens with zero attached hydrogens (tertiary/aromatic N) is 2. The number of benzene rings is 2. The van der Waals surface area contributed by atoms with Gasteiger partial charge in [-0.1, -0.05) is 42.5 Å². The lowest BCUT2D eigenvalue weighted by Gasteiger charge is -2.39. The highest BCUT2D eigenvalue weighted by Gasteiger charge is 2.44. The van der Waals surface area contributed by atoms with E-state index in [9.17, 15) is 4.79 Å². The average molecular weight is 358 g/mol. The summed E-state index contributed by atoms with van der Waals surface area (Å²) in [6, 6.07) is 20.4. The summed E-state index contributed by atoms with van der Waals surface area (Å²) in [7, 11) is 0. The molecule has 0 N–H and O–H groups in total. The standard InChI is InChI=1S/C23H22N2O2/c26-23(21-9-5-7-16-6-1-2-8-20(16)21)25-17-11-12-18(25)15-19(14-17)27-22-10-3-4-13-24-22/h1-10,13,17-19H,11-12,14-15H2. The van der Waals surface area contributed by atoms with Gasteiger partial charge in [-0.3, -0.25) is 4.79 Å². The molecule has 2 saturated heterocycles. The first-order chi connectivity index (χ1) is 13.3. The maximum Gasteiger partial charge on any atom is 0.254 e. The number of carbonyl (C=O) groups excluding carboxylic acids is 1. The quantitative estimate of drug-likeness (QED) is 0.695. The first-order valence-electron chi connectivity index (χ1n) is 9.68. The molecule has 0 radical (unpaired) electrons. The number of aromatic nitrogens is 1. The molecule has 2 aliphatic rings. The molecule has 0 spiro atoms. The highest BCUT2D eigenvalue weighted by Crippen LogP contribution is 2.38. The van der Waals surface area contributed by atoms with Crippen molar-refractivity contribution in [3.8, 4) is 5.88 Å². The number of piperidine rings is 1. The van der Waals surface area contributed by atoms with Gasteiger partial charge in [0.1, 0.15) is 6.10 Å². The number of hydrogen-bond donors (Lipinski definition) is 0. The van der Waals surface area contributed by atoms with Crippen molar-refractivity contribution in [1.29, 1.82) is 0 Å². The number of hydrogen-bond acceptors (Lipinski definition) is 3. The highest BCUT2D eigenvalue weighted by molar-refractivity contribution is 6.07. The second kappa shape index (κ2) is 6.69. The molecule has 3 aromatic rings. The van der Waals surface area contributed by atoms with E-state index in [0.717, 1.165) is 42.0 Å². The van der Waals surface area contributed by atoms with E-state index in [-0.39, 0.29) is 24.1 Å². The molecule has 136 valence electrons. The Morgan fingerprint density at radius 2 is 1.67 bits per heavy atom. The fourth-order valence-electron chi connectivity index (χ4n) is 4.69. The maximum absolute atomic E-state index is 13.4. The zero-order valence-corrected chi connectivity index (χ0v) is 15.1. The Kier molecular flexibility index (Phi) is 4.04. The van der Waals surface area contributed by atoms with E-state index in [1.54, 1.807) is 6.20 Å². The largest absolute Gasteiger partial charge is 0.474 e. The molecule has 4 nitrogen and oxygen atoms in total. The number of carbonyl (C=O) groups is 1. The van der Waals surface area contributed by atoms with Crippen LogP contribution >= 0.6 is 0 Å². The topological polar surface area (TPSA) is 42.4 Å². The first kappa shape index (κ1) is 16.3. The molecule has 4 heteroatoms. The third-order valence-electron chi connectivity index (χ3n) is 5.87. The molecule has 1 amide bonds. The minimum absolute atomic E-state index is 0.133. The molecule has 0 aliphatic carbocycles. The number of rotatable bonds is 3. The molecule has 2 unspecified atom stereocenters. The highest BCUT2D eigenvalue weighted by atomic mass is 16.5. The SMILES string of the molecule is O=C(c1cccc2ccccc12)N1C2CCC1CC(Oc1ccccn1)C2. The van der Waals surface area contributed by atoms with Crippen LogP contribution in [0, 0.1) is 0 Å². The number of pyridine rings is 1. The second-order valence-electron chi connectivity index (χ2n) is 7.50. The monoisotopic (exact) mass is 358 g/mol. The smallest absolute Gasteiger partial charge is 0.254 e. The molecule has 2 aliphatic heterocycles. The Morgan fingerprint density at radius 3 is 2.44 bits per heavy atom. The van der Waals surface area contributed by atoms with Gasteiger partial charge in [0, 0.05) is 42.8 Å². The molecular weight excluding hydrogens is 336 g/mol. The molecule has 2 atom stereocenters. The molecular formula is C23H22N2O2. The van der Waals surface area contributed by atoms with Gasteiger partial charge in [-0.05, 0) is 35.7 Å². The summed E-state index contributed by atoms with van der Waals surface area (Å²) >= 11 is 0. The Balaban J connectivity index is 1.38. The lowest BCUT2D eigenvalue weighted by Crippen LogP contribution is -2.49. The minimum atomic E-state index is 0.133. The van der Waals surface area contributed by atoms with Gasteiger partial charge in [0.15, 0.2) is 0 Å². The van der Waals surface area contributed by atoms with Crippen molar-refractivity contribution < 1.29 is 9.53 Å². The van der Waals surface area contributed by atoms with Crippen molar-refractivity contribution in [3.05, 3.63) is 72.4 Å². The summed E-state index contributed by atoms with van der Waals surface area (Å²) in [5.41, 5.74) is 0.814. The van der Waals surface area contributed by atoms with Crippen molar-refractivity contribution in [2.24, 2.45) is 0 Å². The average Bonchev–Trinajstić information content (AvgIpc) is 2.98. The van der Waals surface area contributed by atoms with Crippen LogP contribution in [0.4, 0.5) is 0 Å². The van der Waals surface area contributed by atoms with Crippen LogP contribution in [-0.2, 0) is 0 Å². The van der Waals surface area contributed by atoms with Crippen LogP contribution in [0.25, 0.3) is 10.8 Å². The third-order valence-corrected chi connectivity index (χ3v) is 5.87. The first-order valence-corrected chi connectivity index (χ1v) is 9.68. The summed E-state index contributed by atoms with van der Waals surface area (Å²) in [4.78, 5) is 19.8. The normalized spacial score (nSPS) is 24.1. The molecule has 2 aromatic carbocycles. The second-order valence-corrected chi connectivity index (χ2v) is 7.50. The van der Waals surface area contributed by atoms with Crippen LogP contribution in [-0.4, -0.2) is 34.0 Å². The van der Waals surface area contributed by atoms with E-state index in [4.69, 9.17) is 4.74 Å². The fraction of sp³-hybridized carbons (Fsp3) is 0.304. The summed E-state index contributed by atoms with van der Waals surface area (Å²) in [5, 5.41) is 2.15. The Hall–Kier alpha value is -2.88. The zero-order chi connectivity index (χ0) is 18.2. The van der Waals surface area contributed by atoms with Gasteiger partial charge in [-0.15, -0.1) is 0 Å². The van der Waals surface area contributed by atoms with Crippen molar-refractivity contribution in [3.63, 3.8) is 0 Å². The predicted molar refractivity (Wildman–Crippen MR) is 105 cm³/mol. The van der Waals surface area contributed by atoms with E-state index in [0.29, 0.717) is 5.88 Å². The summed E-state index contributed by atoms with van der Waals surface area (Å²) in [5.74, 6) is 0.839. The van der Waals surface area contributed by atoms with Gasteiger partial charge in [-0.2, -0.15) is 0 Å². The van der Waals surface area contributed by atoms with Gasteiger partial charge in [0.2, 0.25) is 5.88 Å². The summed E-state index contributed by atoms with van der Waals surface area (Å²) < 4.78 is 6.09. The van der Waals surface area contributed by atoms with E-state index in [1.165, 1.54) is 0 Å². The molecule has 3 heterocycles. The predicted octanol–water partition coefficient (Wildman–Crippen LogP) is 4.45. The van der Waals surface area contributed by atoms with E-state index < -0.39 is 0 Å². The van der Waals surface area contributed by atoms with Gasteiger partial charge >= 0.3 is 0 Å². The molecule has 2 bridgehead atoms. The van der Waals surface area contributed by atoms with Gasteiger partial charge in [-0.25, -0.2) is 4.98 Å². The Labute approximate surface area is 158 Å². The van der Waals surface area contributed by atoms with E-state index in [2.05, 4.69) is 22.0 Å². The molecule has 2 fully saturated rings. The molecule has 27 heavy (non-hydrogen) atoms. The van der Waals surface area contributed by atoms with Gasteiger partial charge < -0.3 is 9.64 Å². The van der Waals surface area contributed by atoms with E-state index in [1.807, 2.05) is 48.5 Å². The van der Waals surface area contributed by atoms with Crippen molar-refractivity contribution in [1.82, 2.24) is 9.88 Å². The van der Waals surface area contributed by atoms with Crippen molar-refractivity contribution in [2.45, 2.75) is 43.9 Å². The van der Waals surface area contributed by atoms with Crippen molar-refractivity contribution in [2.75, 3.05) is 0 Å². The zero-order valence-electron chi connectivity index (χ0n) is 15.1. The van der Waals surface area contributed by atoms with Crippen LogP contribution in [0.5, 0.6) is 5.88 Å². The molecule has 1 aromatic heterocycles. The number of ether oxygens (including phenoxy) is 1. The van der Waals surface area contributed by atoms with E-state index >= 15 is 0 Å². The van der Waals surface area contributed by atoms with Gasteiger partial charge in [0.25, 0.3) is 5.91 Å². The summed E-state index contributed by atoms with van der Waals surface area (Å²) in [6.07, 6.45) is 5.76. The van der Waals surface area contributed by atoms with Crippen LogP contribution in [0.15, 0.2) is 66.9 Å². The van der Waals surface area contributed by atoms with Crippen LogP contribution in [0.1, 0.15) is 36.0 Å². The number of fused-ring (bicyclic) bond motifs is 3. The minimum Gasteiger partial charge on any atom is -0.474 e. The Bertz CT molecular complexity index is 953. The lowest BCUT2D eigenvalue weighted by molar-refractivity contribution is 0.0349. The third kappa shape index (κ3) is 2.95. The Morgan fingerprint density at radius 1 is 0.926 bits per heavy atom. The molecule has 0 saturated carbocycles. The van der Waals surface area contributed by atoms with Crippen LogP contribution in [0.3, 0.4) is 0 Å². The van der Waals surface area contributed by atoms with Gasteiger partial charge in [0.05, 0.1) is 0 Å². The van der Waals surface area contributed by atoms with Crippen LogP contribution < -0.4 is 4.74 Å². The molecule has 5 rings (SSSR count). The lowest BCUT2D eigenvalue weighted by atomic mass is 9.97. The van der Waals surface area contributed by atoms with Crippen molar-refractivity contribution >= 4 is 16.7 Å².